The van der Waals surface area contributed by atoms with Crippen LogP contribution >= 0.6 is 0 Å². The molecule has 3 rings (SSSR count). The molecule has 2 amide bonds. The van der Waals surface area contributed by atoms with Crippen molar-refractivity contribution in [2.45, 2.75) is 18.8 Å². The van der Waals surface area contributed by atoms with Crippen LogP contribution in [0.1, 0.15) is 24.3 Å². The molecular weight excluding hydrogens is 250 g/mol. The van der Waals surface area contributed by atoms with Crippen LogP contribution in [0.4, 0.5) is 10.5 Å². The molecule has 2 aliphatic heterocycles. The van der Waals surface area contributed by atoms with Gasteiger partial charge in [0, 0.05) is 11.4 Å². The lowest BCUT2D eigenvalue weighted by Gasteiger charge is -2.29. The van der Waals surface area contributed by atoms with Crippen molar-refractivity contribution in [2.75, 3.05) is 31.6 Å². The number of amides is 2. The van der Waals surface area contributed by atoms with Crippen molar-refractivity contribution in [3.05, 3.63) is 42.1 Å². The van der Waals surface area contributed by atoms with E-state index in [0.717, 1.165) is 11.4 Å². The molecule has 0 bridgehead atoms. The van der Waals surface area contributed by atoms with Crippen molar-refractivity contribution in [3.63, 3.8) is 0 Å². The van der Waals surface area contributed by atoms with Gasteiger partial charge < -0.3 is 10.2 Å². The van der Waals surface area contributed by atoms with E-state index < -0.39 is 0 Å². The summed E-state index contributed by atoms with van der Waals surface area (Å²) in [5, 5.41) is 2.74. The molecule has 0 saturated carbocycles. The first-order valence-corrected chi connectivity index (χ1v) is 7.18. The van der Waals surface area contributed by atoms with Gasteiger partial charge >= 0.3 is 6.03 Å². The molecule has 0 unspecified atom stereocenters. The minimum absolute atomic E-state index is 0.0814. The quantitative estimate of drug-likeness (QED) is 0.897. The van der Waals surface area contributed by atoms with Crippen molar-refractivity contribution in [2.24, 2.45) is 0 Å². The number of hydrogen-bond donors (Lipinski definition) is 1. The van der Waals surface area contributed by atoms with Gasteiger partial charge in [-0.25, -0.2) is 4.79 Å². The SMILES string of the molecule is C=C1CN(c2ccc(C3CCN(C)CC3)cc2)C(=O)N1. The molecule has 2 heterocycles. The number of urea groups is 1. The van der Waals surface area contributed by atoms with E-state index in [1.54, 1.807) is 4.90 Å². The smallest absolute Gasteiger partial charge is 0.310 e. The lowest BCUT2D eigenvalue weighted by molar-refractivity contribution is 0.252. The minimum atomic E-state index is -0.0814. The van der Waals surface area contributed by atoms with Gasteiger partial charge in [-0.2, -0.15) is 0 Å². The van der Waals surface area contributed by atoms with Crippen molar-refractivity contribution in [1.82, 2.24) is 10.2 Å². The predicted molar refractivity (Wildman–Crippen MR) is 80.9 cm³/mol. The highest BCUT2D eigenvalue weighted by Gasteiger charge is 2.24. The molecule has 0 aromatic heterocycles. The third-order valence-corrected chi connectivity index (χ3v) is 4.27. The van der Waals surface area contributed by atoms with Crippen LogP contribution in [0.3, 0.4) is 0 Å². The molecule has 1 aromatic carbocycles. The maximum atomic E-state index is 11.8. The fraction of sp³-hybridized carbons (Fsp3) is 0.438. The number of nitrogens with one attached hydrogen (secondary N) is 1. The molecule has 106 valence electrons. The average molecular weight is 271 g/mol. The van der Waals surface area contributed by atoms with Gasteiger partial charge in [0.2, 0.25) is 0 Å². The summed E-state index contributed by atoms with van der Waals surface area (Å²) < 4.78 is 0. The molecule has 0 atom stereocenters. The summed E-state index contributed by atoms with van der Waals surface area (Å²) >= 11 is 0. The van der Waals surface area contributed by atoms with Crippen molar-refractivity contribution < 1.29 is 4.79 Å². The zero-order valence-electron chi connectivity index (χ0n) is 11.9. The maximum absolute atomic E-state index is 11.8. The Morgan fingerprint density at radius 1 is 1.20 bits per heavy atom. The van der Waals surface area contributed by atoms with Crippen LogP contribution < -0.4 is 10.2 Å². The van der Waals surface area contributed by atoms with Gasteiger partial charge in [-0.15, -0.1) is 0 Å². The van der Waals surface area contributed by atoms with Gasteiger partial charge in [-0.3, -0.25) is 4.90 Å². The van der Waals surface area contributed by atoms with Crippen LogP contribution in [0.15, 0.2) is 36.5 Å². The molecule has 4 nitrogen and oxygen atoms in total. The molecule has 20 heavy (non-hydrogen) atoms. The molecule has 1 N–H and O–H groups in total. The fourth-order valence-corrected chi connectivity index (χ4v) is 3.00. The Morgan fingerprint density at radius 2 is 1.85 bits per heavy atom. The van der Waals surface area contributed by atoms with Gasteiger partial charge in [0.05, 0.1) is 6.54 Å². The minimum Gasteiger partial charge on any atom is -0.310 e. The highest BCUT2D eigenvalue weighted by atomic mass is 16.2. The number of carbonyl (C=O) groups is 1. The normalized spacial score (nSPS) is 21.4. The number of likely N-dealkylation sites (tertiary alicyclic amines) is 1. The van der Waals surface area contributed by atoms with Crippen LogP contribution in [-0.2, 0) is 0 Å². The number of rotatable bonds is 2. The van der Waals surface area contributed by atoms with Crippen LogP contribution in [0.25, 0.3) is 0 Å². The van der Waals surface area contributed by atoms with Gasteiger partial charge in [0.1, 0.15) is 0 Å². The Morgan fingerprint density at radius 3 is 2.40 bits per heavy atom. The molecule has 2 fully saturated rings. The standard InChI is InChI=1S/C16H21N3O/c1-12-11-19(16(20)17-12)15-5-3-13(4-6-15)14-7-9-18(2)10-8-14/h3-6,14H,1,7-11H2,2H3,(H,17,20). The molecule has 0 spiro atoms. The first-order chi connectivity index (χ1) is 9.63. The Bertz CT molecular complexity index is 515. The second-order valence-electron chi connectivity index (χ2n) is 5.79. The van der Waals surface area contributed by atoms with Gasteiger partial charge in [-0.05, 0) is 56.6 Å². The van der Waals surface area contributed by atoms with Crippen molar-refractivity contribution in [1.29, 1.82) is 0 Å². The first-order valence-electron chi connectivity index (χ1n) is 7.18. The lowest BCUT2D eigenvalue weighted by Crippen LogP contribution is -2.29. The third-order valence-electron chi connectivity index (χ3n) is 4.27. The zero-order valence-corrected chi connectivity index (χ0v) is 11.9. The Hall–Kier alpha value is -1.81. The largest absolute Gasteiger partial charge is 0.326 e. The molecule has 0 aliphatic carbocycles. The number of piperidine rings is 1. The number of carbonyl (C=O) groups excluding carboxylic acids is 1. The Kier molecular flexibility index (Phi) is 3.49. The third kappa shape index (κ3) is 2.56. The lowest BCUT2D eigenvalue weighted by atomic mass is 9.89. The van der Waals surface area contributed by atoms with Gasteiger partial charge in [0.25, 0.3) is 0 Å². The van der Waals surface area contributed by atoms with E-state index in [1.807, 2.05) is 12.1 Å². The van der Waals surface area contributed by atoms with Gasteiger partial charge in [-0.1, -0.05) is 18.7 Å². The fourth-order valence-electron chi connectivity index (χ4n) is 3.00. The topological polar surface area (TPSA) is 35.6 Å². The molecular formula is C16H21N3O. The van der Waals surface area contributed by atoms with Crippen LogP contribution in [0.2, 0.25) is 0 Å². The zero-order chi connectivity index (χ0) is 14.1. The van der Waals surface area contributed by atoms with E-state index in [0.29, 0.717) is 12.5 Å². The number of anilines is 1. The van der Waals surface area contributed by atoms with Crippen molar-refractivity contribution in [3.8, 4) is 0 Å². The van der Waals surface area contributed by atoms with Crippen LogP contribution in [0.5, 0.6) is 0 Å². The van der Waals surface area contributed by atoms with E-state index in [-0.39, 0.29) is 6.03 Å². The van der Waals surface area contributed by atoms with E-state index in [9.17, 15) is 4.79 Å². The molecule has 1 aromatic rings. The number of benzene rings is 1. The summed E-state index contributed by atoms with van der Waals surface area (Å²) in [5.41, 5.74) is 3.09. The number of hydrogen-bond acceptors (Lipinski definition) is 2. The molecule has 4 heteroatoms. The Balaban J connectivity index is 1.71. The summed E-state index contributed by atoms with van der Waals surface area (Å²) in [6.07, 6.45) is 2.44. The average Bonchev–Trinajstić information content (AvgIpc) is 2.79. The van der Waals surface area contributed by atoms with Crippen molar-refractivity contribution >= 4 is 11.7 Å². The highest BCUT2D eigenvalue weighted by Crippen LogP contribution is 2.29. The summed E-state index contributed by atoms with van der Waals surface area (Å²) in [6.45, 7) is 6.70. The predicted octanol–water partition coefficient (Wildman–Crippen LogP) is 2.54. The van der Waals surface area contributed by atoms with Crippen LogP contribution in [0, 0.1) is 0 Å². The Labute approximate surface area is 120 Å². The van der Waals surface area contributed by atoms with E-state index >= 15 is 0 Å². The summed E-state index contributed by atoms with van der Waals surface area (Å²) in [7, 11) is 2.18. The highest BCUT2D eigenvalue weighted by molar-refractivity contribution is 5.96. The maximum Gasteiger partial charge on any atom is 0.326 e. The van der Waals surface area contributed by atoms with E-state index in [2.05, 4.69) is 36.0 Å². The molecule has 2 saturated heterocycles. The second-order valence-corrected chi connectivity index (χ2v) is 5.79. The van der Waals surface area contributed by atoms with E-state index in [1.165, 1.54) is 31.5 Å². The van der Waals surface area contributed by atoms with Crippen LogP contribution in [-0.4, -0.2) is 37.6 Å². The molecule has 0 radical (unpaired) electrons. The second kappa shape index (κ2) is 5.29. The summed E-state index contributed by atoms with van der Waals surface area (Å²) in [6, 6.07) is 8.35. The summed E-state index contributed by atoms with van der Waals surface area (Å²) in [4.78, 5) is 15.9. The summed E-state index contributed by atoms with van der Waals surface area (Å²) in [5.74, 6) is 0.655. The first kappa shape index (κ1) is 13.2. The van der Waals surface area contributed by atoms with E-state index in [4.69, 9.17) is 0 Å². The monoisotopic (exact) mass is 271 g/mol. The van der Waals surface area contributed by atoms with Gasteiger partial charge in [0.15, 0.2) is 0 Å². The molecule has 2 aliphatic rings. The number of nitrogens with zero attached hydrogens (tertiary/aromatic N) is 2.